The number of amides is 1. The van der Waals surface area contributed by atoms with Gasteiger partial charge in [0, 0.05) is 23.2 Å². The van der Waals surface area contributed by atoms with E-state index < -0.39 is 0 Å². The maximum Gasteiger partial charge on any atom is 0.241 e. The van der Waals surface area contributed by atoms with E-state index in [1.54, 1.807) is 0 Å². The highest BCUT2D eigenvalue weighted by Gasteiger charge is 2.40. The molecule has 3 aromatic rings. The normalized spacial score (nSPS) is 19.4. The molecule has 1 saturated heterocycles. The van der Waals surface area contributed by atoms with Gasteiger partial charge >= 0.3 is 0 Å². The van der Waals surface area contributed by atoms with Crippen LogP contribution in [0.4, 0.5) is 5.69 Å². The molecule has 0 radical (unpaired) electrons. The smallest absolute Gasteiger partial charge is 0.241 e. The minimum absolute atomic E-state index is 0. The van der Waals surface area contributed by atoms with Crippen molar-refractivity contribution in [2.75, 3.05) is 5.32 Å². The van der Waals surface area contributed by atoms with Gasteiger partial charge in [-0.05, 0) is 76.9 Å². The van der Waals surface area contributed by atoms with Crippen molar-refractivity contribution in [1.29, 1.82) is 0 Å². The Balaban J connectivity index is 0.00000228. The molecule has 1 fully saturated rings. The molecule has 196 valence electrons. The van der Waals surface area contributed by atoms with Crippen LogP contribution in [0.2, 0.25) is 5.02 Å². The Kier molecular flexibility index (Phi) is 10.3. The zero-order valence-electron chi connectivity index (χ0n) is 21.2. The number of carbonyl (C=O) groups excluding carboxylic acids is 1. The number of nitrogens with zero attached hydrogens (tertiary/aromatic N) is 2. The van der Waals surface area contributed by atoms with Crippen LogP contribution in [0.15, 0.2) is 60.8 Å². The Bertz CT molecular complexity index is 1140. The van der Waals surface area contributed by atoms with Crippen molar-refractivity contribution in [2.24, 2.45) is 0 Å². The summed E-state index contributed by atoms with van der Waals surface area (Å²) >= 11 is 6.13. The van der Waals surface area contributed by atoms with Crippen LogP contribution in [-0.2, 0) is 10.3 Å². The van der Waals surface area contributed by atoms with Crippen molar-refractivity contribution in [3.63, 3.8) is 0 Å². The van der Waals surface area contributed by atoms with Crippen molar-refractivity contribution < 1.29 is 9.53 Å². The predicted octanol–water partition coefficient (Wildman–Crippen LogP) is 6.75. The number of hydrogen-bond acceptors (Lipinski definition) is 4. The van der Waals surface area contributed by atoms with E-state index in [2.05, 4.69) is 37.5 Å². The Morgan fingerprint density at radius 1 is 1.11 bits per heavy atom. The lowest BCUT2D eigenvalue weighted by Crippen LogP contribution is -2.36. The molecule has 1 unspecified atom stereocenters. The highest BCUT2D eigenvalue weighted by molar-refractivity contribution is 6.30. The first-order valence-corrected chi connectivity index (χ1v) is 12.1. The standard InChI is InChI=1S/C27H33ClN4O2.2ClH/c1-17(2)34-24-9-7-6-8-22(24)30-26(33)23-16-20(21-14-15-32(31-21)27(3,4)5)25(29-23)18-10-12-19(28)13-11-18;;/h6-15,17,20,23,25,29H,16H2,1-5H3,(H,30,33);2*1H/t20?,23-,25-;;/m0../s1. The van der Waals surface area contributed by atoms with Gasteiger partial charge in [-0.15, -0.1) is 24.8 Å². The largest absolute Gasteiger partial charge is 0.489 e. The number of benzene rings is 2. The number of nitrogens with one attached hydrogen (secondary N) is 2. The van der Waals surface area contributed by atoms with Crippen molar-refractivity contribution >= 4 is 48.0 Å². The fourth-order valence-corrected chi connectivity index (χ4v) is 4.45. The van der Waals surface area contributed by atoms with Crippen molar-refractivity contribution in [2.45, 2.75) is 70.7 Å². The molecule has 36 heavy (non-hydrogen) atoms. The SMILES string of the molecule is CC(C)Oc1ccccc1NC(=O)[C@@H]1CC(c2ccn(C(C)(C)C)n2)[C@H](c2ccc(Cl)cc2)N1.Cl.Cl. The molecule has 2 heterocycles. The van der Waals surface area contributed by atoms with Gasteiger partial charge in [-0.3, -0.25) is 14.8 Å². The van der Waals surface area contributed by atoms with E-state index in [9.17, 15) is 4.79 Å². The van der Waals surface area contributed by atoms with Gasteiger partial charge in [0.2, 0.25) is 5.91 Å². The Morgan fingerprint density at radius 2 is 1.78 bits per heavy atom. The lowest BCUT2D eigenvalue weighted by molar-refractivity contribution is -0.117. The third kappa shape index (κ3) is 6.94. The number of carbonyl (C=O) groups is 1. The molecule has 1 aromatic heterocycles. The highest BCUT2D eigenvalue weighted by Crippen LogP contribution is 2.40. The van der Waals surface area contributed by atoms with Gasteiger partial charge in [-0.25, -0.2) is 0 Å². The minimum atomic E-state index is -0.377. The lowest BCUT2D eigenvalue weighted by Gasteiger charge is -2.21. The van der Waals surface area contributed by atoms with E-state index in [-0.39, 0.29) is 60.4 Å². The summed E-state index contributed by atoms with van der Waals surface area (Å²) in [5.74, 6) is 0.623. The molecular weight excluding hydrogens is 519 g/mol. The first kappa shape index (κ1) is 30.0. The number of rotatable bonds is 6. The third-order valence-electron chi connectivity index (χ3n) is 6.00. The fourth-order valence-electron chi connectivity index (χ4n) is 4.32. The van der Waals surface area contributed by atoms with Crippen LogP contribution >= 0.6 is 36.4 Å². The van der Waals surface area contributed by atoms with Gasteiger partial charge in [0.1, 0.15) is 5.75 Å². The number of anilines is 1. The monoisotopic (exact) mass is 552 g/mol. The second-order valence-corrected chi connectivity index (χ2v) is 10.5. The number of ether oxygens (including phenoxy) is 1. The first-order chi connectivity index (χ1) is 16.1. The number of hydrogen-bond donors (Lipinski definition) is 2. The van der Waals surface area contributed by atoms with E-state index in [0.29, 0.717) is 22.9 Å². The molecule has 0 saturated carbocycles. The first-order valence-electron chi connectivity index (χ1n) is 11.8. The Morgan fingerprint density at radius 3 is 2.39 bits per heavy atom. The molecule has 1 aliphatic heterocycles. The van der Waals surface area contributed by atoms with Gasteiger partial charge in [-0.1, -0.05) is 35.9 Å². The number of para-hydroxylation sites is 2. The average Bonchev–Trinajstić information content (AvgIpc) is 3.43. The molecule has 6 nitrogen and oxygen atoms in total. The third-order valence-corrected chi connectivity index (χ3v) is 6.25. The van der Waals surface area contributed by atoms with Crippen molar-refractivity contribution in [3.05, 3.63) is 77.1 Å². The summed E-state index contributed by atoms with van der Waals surface area (Å²) < 4.78 is 7.86. The predicted molar refractivity (Wildman–Crippen MR) is 151 cm³/mol. The molecule has 0 bridgehead atoms. The zero-order chi connectivity index (χ0) is 24.5. The van der Waals surface area contributed by atoms with Crippen molar-refractivity contribution in [1.82, 2.24) is 15.1 Å². The van der Waals surface area contributed by atoms with Crippen LogP contribution in [0.25, 0.3) is 0 Å². The summed E-state index contributed by atoms with van der Waals surface area (Å²) in [5.41, 5.74) is 2.61. The Labute approximate surface area is 231 Å². The lowest BCUT2D eigenvalue weighted by atomic mass is 9.90. The molecule has 4 rings (SSSR count). The van der Waals surface area contributed by atoms with Gasteiger partial charge in [0.15, 0.2) is 0 Å². The molecule has 0 spiro atoms. The van der Waals surface area contributed by atoms with E-state index in [0.717, 1.165) is 11.3 Å². The van der Waals surface area contributed by atoms with Crippen LogP contribution in [0.5, 0.6) is 5.75 Å². The maximum atomic E-state index is 13.3. The number of halogens is 3. The average molecular weight is 554 g/mol. The minimum Gasteiger partial charge on any atom is -0.489 e. The van der Waals surface area contributed by atoms with Gasteiger partial charge in [0.25, 0.3) is 0 Å². The second kappa shape index (κ2) is 12.3. The Hall–Kier alpha value is -2.25. The van der Waals surface area contributed by atoms with Crippen LogP contribution in [-0.4, -0.2) is 27.8 Å². The summed E-state index contributed by atoms with van der Waals surface area (Å²) in [6.07, 6.45) is 2.66. The summed E-state index contributed by atoms with van der Waals surface area (Å²) in [4.78, 5) is 13.3. The molecule has 1 aliphatic rings. The number of aromatic nitrogens is 2. The van der Waals surface area contributed by atoms with E-state index >= 15 is 0 Å². The quantitative estimate of drug-likeness (QED) is 0.354. The van der Waals surface area contributed by atoms with Gasteiger partial charge < -0.3 is 10.1 Å². The van der Waals surface area contributed by atoms with E-state index in [4.69, 9.17) is 21.4 Å². The molecule has 2 aromatic carbocycles. The highest BCUT2D eigenvalue weighted by atomic mass is 35.5. The van der Waals surface area contributed by atoms with Gasteiger partial charge in [0.05, 0.1) is 29.1 Å². The van der Waals surface area contributed by atoms with Gasteiger partial charge in [-0.2, -0.15) is 5.10 Å². The summed E-state index contributed by atoms with van der Waals surface area (Å²) in [6.45, 7) is 10.3. The molecule has 3 atom stereocenters. The van der Waals surface area contributed by atoms with E-state index in [1.807, 2.05) is 73.3 Å². The molecular formula is C27H35Cl3N4O2. The summed E-state index contributed by atoms with van der Waals surface area (Å²) in [6, 6.07) is 17.0. The topological polar surface area (TPSA) is 68.2 Å². The summed E-state index contributed by atoms with van der Waals surface area (Å²) in [5, 5.41) is 12.2. The molecule has 9 heteroatoms. The van der Waals surface area contributed by atoms with E-state index in [1.165, 1.54) is 0 Å². The molecule has 2 N–H and O–H groups in total. The second-order valence-electron chi connectivity index (χ2n) is 10.1. The maximum absolute atomic E-state index is 13.3. The van der Waals surface area contributed by atoms with Crippen LogP contribution in [0, 0.1) is 0 Å². The zero-order valence-corrected chi connectivity index (χ0v) is 23.6. The molecule has 1 amide bonds. The molecule has 0 aliphatic carbocycles. The fraction of sp³-hybridized carbons (Fsp3) is 0.407. The van der Waals surface area contributed by atoms with Crippen molar-refractivity contribution in [3.8, 4) is 5.75 Å². The summed E-state index contributed by atoms with van der Waals surface area (Å²) in [7, 11) is 0. The van der Waals surface area contributed by atoms with Crippen LogP contribution < -0.4 is 15.4 Å². The van der Waals surface area contributed by atoms with Crippen LogP contribution in [0.3, 0.4) is 0 Å². The van der Waals surface area contributed by atoms with Crippen LogP contribution in [0.1, 0.15) is 64.3 Å².